The van der Waals surface area contributed by atoms with Gasteiger partial charge >= 0.3 is 0 Å². The highest BCUT2D eigenvalue weighted by Gasteiger charge is 2.52. The number of piperidine rings is 1. The molecular weight excluding hydrogens is 342 g/mol. The number of rotatable bonds is 4. The number of nitrogens with one attached hydrogen (secondary N) is 1. The van der Waals surface area contributed by atoms with Crippen LogP contribution in [0.1, 0.15) is 44.9 Å². The smallest absolute Gasteiger partial charge is 0.237 e. The van der Waals surface area contributed by atoms with Crippen LogP contribution >= 0.6 is 0 Å². The fourth-order valence-corrected chi connectivity index (χ4v) is 4.75. The molecule has 2 heterocycles. The van der Waals surface area contributed by atoms with Gasteiger partial charge in [-0.15, -0.1) is 0 Å². The zero-order valence-electron chi connectivity index (χ0n) is 15.7. The Morgan fingerprint density at radius 2 is 1.74 bits per heavy atom. The van der Waals surface area contributed by atoms with Crippen molar-refractivity contribution in [1.29, 1.82) is 0 Å². The van der Waals surface area contributed by atoms with E-state index in [9.17, 15) is 14.4 Å². The lowest BCUT2D eigenvalue weighted by Gasteiger charge is -2.33. The van der Waals surface area contributed by atoms with Gasteiger partial charge in [0.2, 0.25) is 17.7 Å². The van der Waals surface area contributed by atoms with Gasteiger partial charge in [0.1, 0.15) is 0 Å². The number of anilines is 1. The number of benzene rings is 1. The van der Waals surface area contributed by atoms with Gasteiger partial charge in [0.15, 0.2) is 0 Å². The molecule has 0 bridgehead atoms. The molecule has 0 aromatic heterocycles. The minimum absolute atomic E-state index is 0.0207. The summed E-state index contributed by atoms with van der Waals surface area (Å²) in [6.45, 7) is 1.85. The lowest BCUT2D eigenvalue weighted by atomic mass is 9.85. The summed E-state index contributed by atoms with van der Waals surface area (Å²) < 4.78 is 0. The van der Waals surface area contributed by atoms with E-state index in [4.69, 9.17) is 0 Å². The zero-order chi connectivity index (χ0) is 18.9. The van der Waals surface area contributed by atoms with Crippen LogP contribution in [0.3, 0.4) is 0 Å². The molecule has 27 heavy (non-hydrogen) atoms. The van der Waals surface area contributed by atoms with Gasteiger partial charge in [0.05, 0.1) is 12.1 Å². The molecule has 2 aliphatic heterocycles. The molecule has 3 amide bonds. The third kappa shape index (κ3) is 3.63. The highest BCUT2D eigenvalue weighted by Crippen LogP contribution is 2.46. The molecule has 4 rings (SSSR count). The Labute approximate surface area is 159 Å². The van der Waals surface area contributed by atoms with E-state index in [0.29, 0.717) is 13.1 Å². The Hall–Kier alpha value is -2.21. The largest absolute Gasteiger partial charge is 0.326 e. The minimum atomic E-state index is -0.398. The van der Waals surface area contributed by atoms with Crippen molar-refractivity contribution in [1.82, 2.24) is 9.80 Å². The van der Waals surface area contributed by atoms with Crippen molar-refractivity contribution in [3.05, 3.63) is 30.3 Å². The Morgan fingerprint density at radius 3 is 2.41 bits per heavy atom. The number of carbonyl (C=O) groups excluding carboxylic acids is 3. The molecule has 3 fully saturated rings. The fraction of sp³-hybridized carbons (Fsp3) is 0.571. The summed E-state index contributed by atoms with van der Waals surface area (Å²) in [6.07, 6.45) is 5.71. The molecule has 6 nitrogen and oxygen atoms in total. The Balaban J connectivity index is 1.29. The van der Waals surface area contributed by atoms with Crippen molar-refractivity contribution in [2.24, 2.45) is 11.3 Å². The summed E-state index contributed by atoms with van der Waals surface area (Å²) >= 11 is 0. The van der Waals surface area contributed by atoms with E-state index in [1.807, 2.05) is 30.3 Å². The van der Waals surface area contributed by atoms with E-state index in [1.165, 1.54) is 4.90 Å². The highest BCUT2D eigenvalue weighted by molar-refractivity contribution is 6.06. The topological polar surface area (TPSA) is 69.7 Å². The molecule has 1 aromatic rings. The van der Waals surface area contributed by atoms with Gasteiger partial charge in [0, 0.05) is 31.1 Å². The summed E-state index contributed by atoms with van der Waals surface area (Å²) in [5, 5.41) is 2.97. The molecule has 1 aromatic carbocycles. The first-order valence-corrected chi connectivity index (χ1v) is 10.0. The number of hydrogen-bond acceptors (Lipinski definition) is 4. The molecule has 0 radical (unpaired) electrons. The van der Waals surface area contributed by atoms with Gasteiger partial charge in [-0.2, -0.15) is 0 Å². The van der Waals surface area contributed by atoms with Crippen LogP contribution in [0.2, 0.25) is 0 Å². The van der Waals surface area contributed by atoms with Crippen molar-refractivity contribution in [2.75, 3.05) is 25.1 Å². The van der Waals surface area contributed by atoms with Crippen LogP contribution in [0.4, 0.5) is 5.69 Å². The first-order chi connectivity index (χ1) is 13.1. The lowest BCUT2D eigenvalue weighted by Crippen LogP contribution is -2.46. The van der Waals surface area contributed by atoms with E-state index >= 15 is 0 Å². The van der Waals surface area contributed by atoms with Gasteiger partial charge in [-0.25, -0.2) is 0 Å². The first-order valence-electron chi connectivity index (χ1n) is 10.0. The van der Waals surface area contributed by atoms with Gasteiger partial charge in [-0.1, -0.05) is 31.0 Å². The molecule has 1 spiro atoms. The van der Waals surface area contributed by atoms with Crippen molar-refractivity contribution < 1.29 is 14.4 Å². The molecule has 3 aliphatic rings. The molecule has 6 heteroatoms. The van der Waals surface area contributed by atoms with Crippen molar-refractivity contribution in [3.63, 3.8) is 0 Å². The van der Waals surface area contributed by atoms with E-state index in [-0.39, 0.29) is 23.6 Å². The summed E-state index contributed by atoms with van der Waals surface area (Å²) in [4.78, 5) is 41.3. The van der Waals surface area contributed by atoms with Crippen molar-refractivity contribution >= 4 is 23.4 Å². The van der Waals surface area contributed by atoms with Crippen LogP contribution in [0.15, 0.2) is 30.3 Å². The zero-order valence-corrected chi connectivity index (χ0v) is 15.7. The van der Waals surface area contributed by atoms with Crippen LogP contribution in [0.5, 0.6) is 0 Å². The Bertz CT molecular complexity index is 719. The van der Waals surface area contributed by atoms with E-state index in [1.54, 1.807) is 0 Å². The van der Waals surface area contributed by atoms with Gasteiger partial charge < -0.3 is 5.32 Å². The van der Waals surface area contributed by atoms with E-state index in [2.05, 4.69) is 10.2 Å². The van der Waals surface area contributed by atoms with Gasteiger partial charge in [-0.05, 0) is 37.8 Å². The number of nitrogens with zero attached hydrogens (tertiary/aromatic N) is 2. The predicted molar refractivity (Wildman–Crippen MR) is 102 cm³/mol. The number of carbonyl (C=O) groups is 3. The predicted octanol–water partition coefficient (Wildman–Crippen LogP) is 2.61. The summed E-state index contributed by atoms with van der Waals surface area (Å²) in [6, 6.07) is 9.50. The average molecular weight is 369 g/mol. The highest BCUT2D eigenvalue weighted by atomic mass is 16.2. The monoisotopic (exact) mass is 369 g/mol. The number of hydrogen-bond donors (Lipinski definition) is 1. The SMILES string of the molecule is O=C(Nc1ccccc1)C1CCN(CN2C(=O)CC3(CCCC3)C2=O)CC1. The second kappa shape index (κ2) is 7.43. The molecule has 144 valence electrons. The summed E-state index contributed by atoms with van der Waals surface area (Å²) in [5.74, 6) is 0.0477. The summed E-state index contributed by atoms with van der Waals surface area (Å²) in [7, 11) is 0. The second-order valence-electron chi connectivity index (χ2n) is 8.18. The third-order valence-electron chi connectivity index (χ3n) is 6.39. The number of para-hydroxylation sites is 1. The number of amides is 3. The maximum absolute atomic E-state index is 12.8. The van der Waals surface area contributed by atoms with Crippen LogP contribution in [-0.2, 0) is 14.4 Å². The molecule has 1 aliphatic carbocycles. The average Bonchev–Trinajstić information content (AvgIpc) is 3.24. The first kappa shape index (κ1) is 18.2. The molecule has 0 atom stereocenters. The molecule has 2 saturated heterocycles. The van der Waals surface area contributed by atoms with Gasteiger partial charge in [-0.3, -0.25) is 24.2 Å². The third-order valence-corrected chi connectivity index (χ3v) is 6.39. The standard InChI is InChI=1S/C21H27N3O3/c25-18-14-21(10-4-5-11-21)20(27)24(18)15-23-12-8-16(9-13-23)19(26)22-17-6-2-1-3-7-17/h1-3,6-7,16H,4-5,8-15H2,(H,22,26). The van der Waals surface area contributed by atoms with Crippen LogP contribution in [-0.4, -0.2) is 47.3 Å². The fourth-order valence-electron chi connectivity index (χ4n) is 4.75. The summed E-state index contributed by atoms with van der Waals surface area (Å²) in [5.41, 5.74) is 0.422. The molecule has 1 N–H and O–H groups in total. The van der Waals surface area contributed by atoms with Crippen LogP contribution < -0.4 is 5.32 Å². The minimum Gasteiger partial charge on any atom is -0.326 e. The second-order valence-corrected chi connectivity index (χ2v) is 8.18. The van der Waals surface area contributed by atoms with E-state index < -0.39 is 5.41 Å². The van der Waals surface area contributed by atoms with E-state index in [0.717, 1.165) is 57.3 Å². The molecule has 1 saturated carbocycles. The van der Waals surface area contributed by atoms with Crippen LogP contribution in [0.25, 0.3) is 0 Å². The van der Waals surface area contributed by atoms with Crippen molar-refractivity contribution in [2.45, 2.75) is 44.9 Å². The van der Waals surface area contributed by atoms with Crippen LogP contribution in [0, 0.1) is 11.3 Å². The number of likely N-dealkylation sites (tertiary alicyclic amines) is 2. The van der Waals surface area contributed by atoms with Gasteiger partial charge in [0.25, 0.3) is 0 Å². The maximum atomic E-state index is 12.8. The lowest BCUT2D eigenvalue weighted by molar-refractivity contribution is -0.144. The normalized spacial score (nSPS) is 23.3. The Kier molecular flexibility index (Phi) is 5.00. The molecular formula is C21H27N3O3. The molecule has 0 unspecified atom stereocenters. The quantitative estimate of drug-likeness (QED) is 0.829. The number of imide groups is 1. The Morgan fingerprint density at radius 1 is 1.07 bits per heavy atom. The maximum Gasteiger partial charge on any atom is 0.237 e. The van der Waals surface area contributed by atoms with Crippen molar-refractivity contribution in [3.8, 4) is 0 Å².